The average molecular weight is 479 g/mol. The Morgan fingerprint density at radius 3 is 2.61 bits per heavy atom. The summed E-state index contributed by atoms with van der Waals surface area (Å²) in [4.78, 5) is 24.0. The molecule has 8 N–H and O–H groups in total. The van der Waals surface area contributed by atoms with Gasteiger partial charge in [-0.2, -0.15) is 4.98 Å². The molecule has 1 amide bonds. The van der Waals surface area contributed by atoms with Gasteiger partial charge in [0.25, 0.3) is 5.88 Å². The van der Waals surface area contributed by atoms with E-state index in [4.69, 9.17) is 38.3 Å². The van der Waals surface area contributed by atoms with Gasteiger partial charge in [-0.25, -0.2) is 9.78 Å². The number of halogens is 1. The number of benzene rings is 1. The van der Waals surface area contributed by atoms with E-state index in [2.05, 4.69) is 25.6 Å². The van der Waals surface area contributed by atoms with Gasteiger partial charge < -0.3 is 37.3 Å². The number of hydrogen-bond donors (Lipinski definition) is 5. The van der Waals surface area contributed by atoms with Crippen LogP contribution in [0.2, 0.25) is 5.15 Å². The van der Waals surface area contributed by atoms with Gasteiger partial charge in [-0.3, -0.25) is 4.99 Å². The predicted octanol–water partition coefficient (Wildman–Crippen LogP) is 2.10. The number of carbonyl (C=O) groups is 1. The maximum Gasteiger partial charge on any atom is 0.414 e. The molecule has 0 unspecified atom stereocenters. The summed E-state index contributed by atoms with van der Waals surface area (Å²) in [6.07, 6.45) is 2.62. The van der Waals surface area contributed by atoms with Gasteiger partial charge in [-0.05, 0) is 37.0 Å². The van der Waals surface area contributed by atoms with Crippen LogP contribution in [0.15, 0.2) is 29.3 Å². The Morgan fingerprint density at radius 2 is 1.94 bits per heavy atom. The number of nitrogen functional groups attached to an aromatic ring is 2. The predicted molar refractivity (Wildman–Crippen MR) is 130 cm³/mol. The van der Waals surface area contributed by atoms with Crippen LogP contribution in [0.5, 0.6) is 11.6 Å². The number of aromatic nitrogens is 2. The second-order valence-corrected chi connectivity index (χ2v) is 7.57. The van der Waals surface area contributed by atoms with Gasteiger partial charge in [0.15, 0.2) is 22.7 Å². The highest BCUT2D eigenvalue weighted by atomic mass is 35.5. The van der Waals surface area contributed by atoms with Gasteiger partial charge in [0, 0.05) is 19.1 Å². The third kappa shape index (κ3) is 8.89. The minimum atomic E-state index is -0.755. The highest BCUT2D eigenvalue weighted by Crippen LogP contribution is 2.23. The monoisotopic (exact) mass is 478 g/mol. The van der Waals surface area contributed by atoms with Crippen molar-refractivity contribution in [1.82, 2.24) is 20.6 Å². The minimum Gasteiger partial charge on any atom is -0.497 e. The Bertz CT molecular complexity index is 940. The number of aliphatic imine (C=N–C) groups is 1. The van der Waals surface area contributed by atoms with Crippen LogP contribution in [0.3, 0.4) is 0 Å². The first-order chi connectivity index (χ1) is 15.8. The molecule has 1 aromatic heterocycles. The topological polar surface area (TPSA) is 176 Å². The number of anilines is 2. The Hall–Kier alpha value is -3.47. The molecule has 0 aliphatic carbocycles. The number of carbonyl (C=O) groups excluding carboxylic acids is 1. The van der Waals surface area contributed by atoms with Crippen LogP contribution in [0.4, 0.5) is 16.4 Å². The number of methoxy groups -OCH3 is 1. The maximum atomic E-state index is 12.1. The normalized spacial score (nSPS) is 12.2. The first kappa shape index (κ1) is 25.8. The molecule has 12 heteroatoms. The Labute approximate surface area is 198 Å². The zero-order chi connectivity index (χ0) is 24.2. The summed E-state index contributed by atoms with van der Waals surface area (Å²) in [7, 11) is 1.64. The van der Waals surface area contributed by atoms with Crippen molar-refractivity contribution in [2.75, 3.05) is 31.7 Å². The van der Waals surface area contributed by atoms with Crippen LogP contribution in [0, 0.1) is 0 Å². The van der Waals surface area contributed by atoms with Crippen molar-refractivity contribution in [2.24, 2.45) is 10.7 Å². The Morgan fingerprint density at radius 1 is 1.21 bits per heavy atom. The molecule has 0 radical (unpaired) electrons. The standard InChI is InChI=1S/C21H31ClN8O3/c1-3-5-14(12-27-21(31)33-19-18(24)30-17(23)16(22)29-19)28-20(25)26-11-4-6-13-7-9-15(32-2)10-8-13/h7-10,14H,3-6,11-12H2,1-2H3,(H,27,31)(H4,23,24,30)(H3,25,26,28)/t14-/m0/s1. The number of amides is 1. The van der Waals surface area contributed by atoms with Gasteiger partial charge >= 0.3 is 6.09 Å². The van der Waals surface area contributed by atoms with E-state index in [9.17, 15) is 4.79 Å². The molecular formula is C21H31ClN8O3. The summed E-state index contributed by atoms with van der Waals surface area (Å²) in [5.74, 6) is 0.746. The lowest BCUT2D eigenvalue weighted by atomic mass is 10.1. The van der Waals surface area contributed by atoms with Crippen molar-refractivity contribution in [2.45, 2.75) is 38.6 Å². The second-order valence-electron chi connectivity index (χ2n) is 7.21. The van der Waals surface area contributed by atoms with E-state index in [-0.39, 0.29) is 35.3 Å². The van der Waals surface area contributed by atoms with Crippen molar-refractivity contribution in [1.29, 1.82) is 0 Å². The molecule has 0 aliphatic rings. The summed E-state index contributed by atoms with van der Waals surface area (Å²) in [5.41, 5.74) is 18.4. The molecule has 33 heavy (non-hydrogen) atoms. The van der Waals surface area contributed by atoms with Crippen LogP contribution < -0.4 is 37.3 Å². The summed E-state index contributed by atoms with van der Waals surface area (Å²) in [5, 5.41) is 5.66. The minimum absolute atomic E-state index is 0.0482. The molecule has 0 spiro atoms. The molecule has 1 atom stereocenters. The van der Waals surface area contributed by atoms with Crippen LogP contribution in [0.25, 0.3) is 0 Å². The van der Waals surface area contributed by atoms with Crippen molar-refractivity contribution in [3.05, 3.63) is 35.0 Å². The lowest BCUT2D eigenvalue weighted by Crippen LogP contribution is -2.47. The van der Waals surface area contributed by atoms with Gasteiger partial charge in [-0.1, -0.05) is 37.1 Å². The lowest BCUT2D eigenvalue weighted by molar-refractivity contribution is 0.197. The van der Waals surface area contributed by atoms with Gasteiger partial charge in [0.1, 0.15) is 5.75 Å². The molecule has 2 rings (SSSR count). The first-order valence-electron chi connectivity index (χ1n) is 10.6. The quantitative estimate of drug-likeness (QED) is 0.184. The molecule has 11 nitrogen and oxygen atoms in total. The number of nitrogens with one attached hydrogen (secondary N) is 2. The fourth-order valence-corrected chi connectivity index (χ4v) is 3.06. The highest BCUT2D eigenvalue weighted by molar-refractivity contribution is 6.31. The number of hydrogen-bond acceptors (Lipinski definition) is 8. The van der Waals surface area contributed by atoms with Crippen LogP contribution in [-0.4, -0.2) is 48.3 Å². The zero-order valence-corrected chi connectivity index (χ0v) is 19.6. The summed E-state index contributed by atoms with van der Waals surface area (Å²) in [6, 6.07) is 7.80. The van der Waals surface area contributed by atoms with E-state index in [0.717, 1.165) is 31.4 Å². The van der Waals surface area contributed by atoms with Crippen molar-refractivity contribution >= 4 is 35.3 Å². The van der Waals surface area contributed by atoms with Gasteiger partial charge in [0.05, 0.1) is 7.11 Å². The summed E-state index contributed by atoms with van der Waals surface area (Å²) in [6.45, 7) is 2.86. The maximum absolute atomic E-state index is 12.1. The number of guanidine groups is 1. The first-order valence-corrected chi connectivity index (χ1v) is 10.9. The molecule has 0 bridgehead atoms. The van der Waals surface area contributed by atoms with Crippen molar-refractivity contribution < 1.29 is 14.3 Å². The second kappa shape index (κ2) is 13.2. The molecule has 0 fully saturated rings. The molecule has 1 aromatic carbocycles. The molecule has 1 heterocycles. The smallest absolute Gasteiger partial charge is 0.414 e. The third-order valence-corrected chi connectivity index (χ3v) is 4.89. The number of aryl methyl sites for hydroxylation is 1. The van der Waals surface area contributed by atoms with Gasteiger partial charge in [0.2, 0.25) is 0 Å². The SMILES string of the molecule is CCC[C@@H](CNC(=O)Oc1nc(Cl)c(N)nc1N)NC(N)=NCCCc1ccc(OC)cc1. The van der Waals surface area contributed by atoms with Crippen LogP contribution in [0.1, 0.15) is 31.7 Å². The number of nitrogens with two attached hydrogens (primary N) is 3. The Balaban J connectivity index is 1.78. The summed E-state index contributed by atoms with van der Waals surface area (Å²) < 4.78 is 10.2. The highest BCUT2D eigenvalue weighted by Gasteiger charge is 2.15. The average Bonchev–Trinajstić information content (AvgIpc) is 2.79. The van der Waals surface area contributed by atoms with E-state index < -0.39 is 6.09 Å². The van der Waals surface area contributed by atoms with Crippen molar-refractivity contribution in [3.8, 4) is 11.6 Å². The lowest BCUT2D eigenvalue weighted by Gasteiger charge is -2.19. The van der Waals surface area contributed by atoms with E-state index in [1.54, 1.807) is 7.11 Å². The molecular weight excluding hydrogens is 448 g/mol. The third-order valence-electron chi connectivity index (χ3n) is 4.61. The fraction of sp³-hybridized carbons (Fsp3) is 0.429. The van der Waals surface area contributed by atoms with E-state index in [1.807, 2.05) is 31.2 Å². The number of nitrogens with zero attached hydrogens (tertiary/aromatic N) is 3. The van der Waals surface area contributed by atoms with E-state index >= 15 is 0 Å². The number of ether oxygens (including phenoxy) is 2. The van der Waals surface area contributed by atoms with E-state index in [1.165, 1.54) is 5.56 Å². The van der Waals surface area contributed by atoms with E-state index in [0.29, 0.717) is 12.5 Å². The van der Waals surface area contributed by atoms with Crippen LogP contribution >= 0.6 is 11.6 Å². The molecule has 2 aromatic rings. The van der Waals surface area contributed by atoms with Gasteiger partial charge in [-0.15, -0.1) is 0 Å². The molecule has 0 saturated carbocycles. The van der Waals surface area contributed by atoms with Crippen LogP contribution in [-0.2, 0) is 6.42 Å². The zero-order valence-electron chi connectivity index (χ0n) is 18.8. The molecule has 0 saturated heterocycles. The molecule has 0 aliphatic heterocycles. The summed E-state index contributed by atoms with van der Waals surface area (Å²) >= 11 is 5.79. The van der Waals surface area contributed by atoms with Crippen molar-refractivity contribution in [3.63, 3.8) is 0 Å². The largest absolute Gasteiger partial charge is 0.497 e. The Kier molecular flexibility index (Phi) is 10.3. The molecule has 180 valence electrons. The number of rotatable bonds is 11. The fourth-order valence-electron chi connectivity index (χ4n) is 2.94.